The minimum atomic E-state index is -3.40. The summed E-state index contributed by atoms with van der Waals surface area (Å²) in [6.45, 7) is 2.20. The number of rotatable bonds is 5. The molecular weight excluding hydrogens is 338 g/mol. The first-order chi connectivity index (χ1) is 8.47. The normalized spacial score (nSPS) is 11.9. The molecule has 2 aromatic rings. The lowest BCUT2D eigenvalue weighted by Crippen LogP contribution is -2.25. The summed E-state index contributed by atoms with van der Waals surface area (Å²) in [5.41, 5.74) is 0.919. The van der Waals surface area contributed by atoms with Gasteiger partial charge in [0.15, 0.2) is 0 Å². The van der Waals surface area contributed by atoms with Crippen molar-refractivity contribution in [1.82, 2.24) is 14.7 Å². The molecule has 98 valence electrons. The third-order valence-corrected chi connectivity index (χ3v) is 5.83. The van der Waals surface area contributed by atoms with E-state index in [9.17, 15) is 8.42 Å². The van der Waals surface area contributed by atoms with Crippen molar-refractivity contribution in [3.63, 3.8) is 0 Å². The van der Waals surface area contributed by atoms with Crippen LogP contribution in [0, 0.1) is 6.92 Å². The molecule has 0 saturated carbocycles. The zero-order valence-electron chi connectivity index (χ0n) is 9.60. The van der Waals surface area contributed by atoms with Crippen LogP contribution in [-0.4, -0.2) is 24.9 Å². The van der Waals surface area contributed by atoms with Gasteiger partial charge in [-0.05, 0) is 35.0 Å². The summed E-state index contributed by atoms with van der Waals surface area (Å²) >= 11 is 4.44. The first kappa shape index (κ1) is 13.7. The Morgan fingerprint density at radius 3 is 2.83 bits per heavy atom. The van der Waals surface area contributed by atoms with Crippen molar-refractivity contribution in [3.05, 3.63) is 33.6 Å². The van der Waals surface area contributed by atoms with Gasteiger partial charge in [0.2, 0.25) is 10.0 Å². The molecule has 0 unspecified atom stereocenters. The molecule has 0 spiro atoms. The number of nitrogens with one attached hydrogen (secondary N) is 2. The second-order valence-electron chi connectivity index (χ2n) is 3.70. The third-order valence-electron chi connectivity index (χ3n) is 2.26. The third kappa shape index (κ3) is 3.41. The highest BCUT2D eigenvalue weighted by Gasteiger charge is 2.15. The fourth-order valence-corrected chi connectivity index (χ4v) is 4.52. The number of sulfonamides is 1. The number of halogens is 1. The van der Waals surface area contributed by atoms with E-state index in [1.165, 1.54) is 11.3 Å². The number of aryl methyl sites for hydroxylation is 1. The summed E-state index contributed by atoms with van der Waals surface area (Å²) < 4.78 is 27.5. The predicted octanol–water partition coefficient (Wildman–Crippen LogP) is 2.06. The van der Waals surface area contributed by atoms with Crippen LogP contribution in [0.15, 0.2) is 26.3 Å². The van der Waals surface area contributed by atoms with Crippen molar-refractivity contribution in [2.24, 2.45) is 0 Å². The molecule has 0 radical (unpaired) electrons. The van der Waals surface area contributed by atoms with Crippen LogP contribution < -0.4 is 4.72 Å². The quantitative estimate of drug-likeness (QED) is 0.867. The van der Waals surface area contributed by atoms with E-state index in [0.717, 1.165) is 15.3 Å². The number of aromatic nitrogens is 2. The molecule has 18 heavy (non-hydrogen) atoms. The van der Waals surface area contributed by atoms with Gasteiger partial charge in [-0.3, -0.25) is 0 Å². The summed E-state index contributed by atoms with van der Waals surface area (Å²) in [6, 6.07) is 3.30. The molecule has 0 saturated heterocycles. The average molecular weight is 350 g/mol. The van der Waals surface area contributed by atoms with Gasteiger partial charge < -0.3 is 4.98 Å². The molecule has 0 fully saturated rings. The molecule has 0 aliphatic rings. The SMILES string of the molecule is Cc1ncc(CCNS(=O)(=O)c2ccc(Br)s2)[nH]1. The molecule has 0 bridgehead atoms. The molecule has 2 N–H and O–H groups in total. The number of thiophene rings is 1. The average Bonchev–Trinajstić information content (AvgIpc) is 2.88. The number of imidazole rings is 1. The van der Waals surface area contributed by atoms with Gasteiger partial charge in [0.25, 0.3) is 0 Å². The highest BCUT2D eigenvalue weighted by molar-refractivity contribution is 9.11. The van der Waals surface area contributed by atoms with Gasteiger partial charge in [-0.15, -0.1) is 11.3 Å². The first-order valence-corrected chi connectivity index (χ1v) is 8.32. The van der Waals surface area contributed by atoms with Gasteiger partial charge in [-0.1, -0.05) is 0 Å². The zero-order chi connectivity index (χ0) is 13.2. The summed E-state index contributed by atoms with van der Waals surface area (Å²) in [6.07, 6.45) is 2.30. The first-order valence-electron chi connectivity index (χ1n) is 5.23. The minimum absolute atomic E-state index is 0.315. The molecule has 2 aromatic heterocycles. The summed E-state index contributed by atoms with van der Waals surface area (Å²) in [7, 11) is -3.40. The molecule has 0 amide bonds. The largest absolute Gasteiger partial charge is 0.346 e. The minimum Gasteiger partial charge on any atom is -0.346 e. The lowest BCUT2D eigenvalue weighted by molar-refractivity contribution is 0.583. The predicted molar refractivity (Wildman–Crippen MR) is 74.2 cm³/mol. The van der Waals surface area contributed by atoms with Gasteiger partial charge in [0.05, 0.1) is 3.79 Å². The van der Waals surface area contributed by atoms with Crippen LogP contribution in [0.25, 0.3) is 0 Å². The highest BCUT2D eigenvalue weighted by Crippen LogP contribution is 2.25. The highest BCUT2D eigenvalue weighted by atomic mass is 79.9. The van der Waals surface area contributed by atoms with Crippen LogP contribution in [0.4, 0.5) is 0 Å². The van der Waals surface area contributed by atoms with Crippen LogP contribution in [-0.2, 0) is 16.4 Å². The lowest BCUT2D eigenvalue weighted by Gasteiger charge is -2.03. The van der Waals surface area contributed by atoms with Crippen molar-refractivity contribution >= 4 is 37.3 Å². The van der Waals surface area contributed by atoms with Crippen LogP contribution in [0.2, 0.25) is 0 Å². The standard InChI is InChI=1S/C10H12BrN3O2S2/c1-7-12-6-8(14-7)4-5-13-18(15,16)10-3-2-9(11)17-10/h2-3,6,13H,4-5H2,1H3,(H,12,14). The van der Waals surface area contributed by atoms with Gasteiger partial charge >= 0.3 is 0 Å². The van der Waals surface area contributed by atoms with E-state index in [1.54, 1.807) is 18.3 Å². The van der Waals surface area contributed by atoms with E-state index in [-0.39, 0.29) is 0 Å². The fourth-order valence-electron chi connectivity index (χ4n) is 1.43. The summed E-state index contributed by atoms with van der Waals surface area (Å²) in [5.74, 6) is 0.829. The number of hydrogen-bond acceptors (Lipinski definition) is 4. The number of nitrogens with zero attached hydrogens (tertiary/aromatic N) is 1. The van der Waals surface area contributed by atoms with E-state index in [0.29, 0.717) is 17.2 Å². The van der Waals surface area contributed by atoms with Crippen LogP contribution in [0.3, 0.4) is 0 Å². The molecule has 2 heterocycles. The van der Waals surface area contributed by atoms with Crippen molar-refractivity contribution < 1.29 is 8.42 Å². The topological polar surface area (TPSA) is 74.8 Å². The van der Waals surface area contributed by atoms with E-state index in [4.69, 9.17) is 0 Å². The maximum atomic E-state index is 11.9. The fraction of sp³-hybridized carbons (Fsp3) is 0.300. The zero-order valence-corrected chi connectivity index (χ0v) is 12.8. The molecule has 2 rings (SSSR count). The van der Waals surface area contributed by atoms with Crippen molar-refractivity contribution in [1.29, 1.82) is 0 Å². The number of H-pyrrole nitrogens is 1. The van der Waals surface area contributed by atoms with Crippen LogP contribution >= 0.6 is 27.3 Å². The van der Waals surface area contributed by atoms with Crippen LogP contribution in [0.5, 0.6) is 0 Å². The van der Waals surface area contributed by atoms with Gasteiger partial charge in [0.1, 0.15) is 10.0 Å². The summed E-state index contributed by atoms with van der Waals surface area (Å²) in [5, 5.41) is 0. The Hall–Kier alpha value is -0.700. The maximum absolute atomic E-state index is 11.9. The molecular formula is C10H12BrN3O2S2. The Balaban J connectivity index is 1.93. The molecule has 0 atom stereocenters. The lowest BCUT2D eigenvalue weighted by atomic mass is 10.3. The van der Waals surface area contributed by atoms with E-state index in [2.05, 4.69) is 30.6 Å². The number of aromatic amines is 1. The maximum Gasteiger partial charge on any atom is 0.250 e. The van der Waals surface area contributed by atoms with Gasteiger partial charge in [0, 0.05) is 24.9 Å². The van der Waals surface area contributed by atoms with E-state index < -0.39 is 10.0 Å². The van der Waals surface area contributed by atoms with E-state index in [1.807, 2.05) is 6.92 Å². The Morgan fingerprint density at radius 2 is 2.28 bits per heavy atom. The van der Waals surface area contributed by atoms with Crippen molar-refractivity contribution in [2.45, 2.75) is 17.6 Å². The molecule has 5 nitrogen and oxygen atoms in total. The van der Waals surface area contributed by atoms with Crippen molar-refractivity contribution in [3.8, 4) is 0 Å². The molecule has 0 aliphatic heterocycles. The Kier molecular flexibility index (Phi) is 4.21. The Morgan fingerprint density at radius 1 is 1.50 bits per heavy atom. The second-order valence-corrected chi connectivity index (χ2v) is 8.16. The molecule has 0 aromatic carbocycles. The Labute approximate surface area is 118 Å². The Bertz CT molecular complexity index is 633. The molecule has 0 aliphatic carbocycles. The van der Waals surface area contributed by atoms with Gasteiger partial charge in [-0.2, -0.15) is 0 Å². The number of hydrogen-bond donors (Lipinski definition) is 2. The van der Waals surface area contributed by atoms with Crippen molar-refractivity contribution in [2.75, 3.05) is 6.54 Å². The summed E-state index contributed by atoms with van der Waals surface area (Å²) in [4.78, 5) is 7.11. The second kappa shape index (κ2) is 5.52. The van der Waals surface area contributed by atoms with Gasteiger partial charge in [-0.25, -0.2) is 18.1 Å². The molecule has 8 heteroatoms. The van der Waals surface area contributed by atoms with E-state index >= 15 is 0 Å². The monoisotopic (exact) mass is 349 g/mol. The van der Waals surface area contributed by atoms with Crippen LogP contribution in [0.1, 0.15) is 11.5 Å². The smallest absolute Gasteiger partial charge is 0.250 e.